The Balaban J connectivity index is 3.21. The van der Waals surface area contributed by atoms with Gasteiger partial charge >= 0.3 is 11.9 Å². The maximum atomic E-state index is 11.6. The lowest BCUT2D eigenvalue weighted by Gasteiger charge is -2.14. The standard InChI is InChI=1S/C16H22O6/c17-9-3-1-5-11-7-8-13(15(19)20)12(6-2-4-10-18)14(11)16(21)22/h7-8,17-18H,1-6,9-10H2,(H,19,20)(H,21,22). The number of unbranched alkanes of at least 4 members (excludes halogenated alkanes) is 2. The van der Waals surface area contributed by atoms with E-state index in [2.05, 4.69) is 0 Å². The Bertz CT molecular complexity index is 524. The molecule has 6 heteroatoms. The van der Waals surface area contributed by atoms with Crippen molar-refractivity contribution in [2.24, 2.45) is 0 Å². The Kier molecular flexibility index (Phi) is 7.56. The summed E-state index contributed by atoms with van der Waals surface area (Å²) in [6.07, 6.45) is 3.01. The van der Waals surface area contributed by atoms with E-state index in [9.17, 15) is 19.8 Å². The smallest absolute Gasteiger partial charge is 0.336 e. The molecule has 0 aliphatic heterocycles. The number of rotatable bonds is 10. The fraction of sp³-hybridized carbons (Fsp3) is 0.500. The number of aliphatic hydroxyl groups excluding tert-OH is 2. The normalized spacial score (nSPS) is 10.6. The van der Waals surface area contributed by atoms with Gasteiger partial charge in [0.1, 0.15) is 0 Å². The highest BCUT2D eigenvalue weighted by atomic mass is 16.4. The van der Waals surface area contributed by atoms with Crippen molar-refractivity contribution in [2.75, 3.05) is 13.2 Å². The largest absolute Gasteiger partial charge is 0.478 e. The van der Waals surface area contributed by atoms with Gasteiger partial charge in [-0.1, -0.05) is 6.07 Å². The monoisotopic (exact) mass is 310 g/mol. The Morgan fingerprint density at radius 3 is 1.91 bits per heavy atom. The Hall–Kier alpha value is -1.92. The van der Waals surface area contributed by atoms with Crippen LogP contribution >= 0.6 is 0 Å². The highest BCUT2D eigenvalue weighted by molar-refractivity contribution is 5.97. The predicted molar refractivity (Wildman–Crippen MR) is 80.4 cm³/mol. The number of aromatic carboxylic acids is 2. The van der Waals surface area contributed by atoms with Crippen LogP contribution in [0.15, 0.2) is 12.1 Å². The van der Waals surface area contributed by atoms with Crippen LogP contribution in [-0.4, -0.2) is 45.6 Å². The van der Waals surface area contributed by atoms with Gasteiger partial charge in [-0.3, -0.25) is 0 Å². The van der Waals surface area contributed by atoms with Crippen molar-refractivity contribution in [3.8, 4) is 0 Å². The summed E-state index contributed by atoms with van der Waals surface area (Å²) in [7, 11) is 0. The predicted octanol–water partition coefficient (Wildman–Crippen LogP) is 1.71. The number of hydrogen-bond acceptors (Lipinski definition) is 4. The first-order valence-corrected chi connectivity index (χ1v) is 7.36. The van der Waals surface area contributed by atoms with E-state index in [1.54, 1.807) is 6.07 Å². The van der Waals surface area contributed by atoms with E-state index >= 15 is 0 Å². The number of benzene rings is 1. The summed E-state index contributed by atoms with van der Waals surface area (Å²) in [5.74, 6) is -2.29. The van der Waals surface area contributed by atoms with Crippen molar-refractivity contribution in [2.45, 2.75) is 38.5 Å². The van der Waals surface area contributed by atoms with Crippen molar-refractivity contribution in [1.29, 1.82) is 0 Å². The van der Waals surface area contributed by atoms with Crippen LogP contribution in [0.3, 0.4) is 0 Å². The second kappa shape index (κ2) is 9.17. The molecule has 0 aliphatic carbocycles. The molecule has 0 saturated heterocycles. The summed E-state index contributed by atoms with van der Waals surface area (Å²) in [5.41, 5.74) is 0.955. The Morgan fingerprint density at radius 1 is 0.818 bits per heavy atom. The lowest BCUT2D eigenvalue weighted by Crippen LogP contribution is -2.13. The zero-order valence-electron chi connectivity index (χ0n) is 12.4. The SMILES string of the molecule is O=C(O)c1ccc(CCCCO)c(C(=O)O)c1CCCCO. The van der Waals surface area contributed by atoms with Crippen LogP contribution in [0.1, 0.15) is 57.5 Å². The zero-order chi connectivity index (χ0) is 16.5. The summed E-state index contributed by atoms with van der Waals surface area (Å²) < 4.78 is 0. The maximum Gasteiger partial charge on any atom is 0.336 e. The maximum absolute atomic E-state index is 11.6. The molecule has 0 amide bonds. The molecule has 1 aromatic rings. The second-order valence-corrected chi connectivity index (χ2v) is 5.10. The summed E-state index contributed by atoms with van der Waals surface area (Å²) in [6, 6.07) is 2.98. The molecule has 0 radical (unpaired) electrons. The van der Waals surface area contributed by atoms with Crippen molar-refractivity contribution in [1.82, 2.24) is 0 Å². The van der Waals surface area contributed by atoms with Crippen LogP contribution in [0.4, 0.5) is 0 Å². The van der Waals surface area contributed by atoms with Gasteiger partial charge in [0.15, 0.2) is 0 Å². The van der Waals surface area contributed by atoms with E-state index in [0.717, 1.165) is 0 Å². The number of aliphatic hydroxyl groups is 2. The fourth-order valence-corrected chi connectivity index (χ4v) is 2.47. The zero-order valence-corrected chi connectivity index (χ0v) is 12.4. The average Bonchev–Trinajstić information content (AvgIpc) is 2.47. The third-order valence-electron chi connectivity index (χ3n) is 3.53. The lowest BCUT2D eigenvalue weighted by molar-refractivity contribution is 0.0694. The summed E-state index contributed by atoms with van der Waals surface area (Å²) in [5, 5.41) is 36.4. The van der Waals surface area contributed by atoms with Crippen molar-refractivity contribution in [3.05, 3.63) is 34.4 Å². The second-order valence-electron chi connectivity index (χ2n) is 5.10. The van der Waals surface area contributed by atoms with Gasteiger partial charge in [0.2, 0.25) is 0 Å². The van der Waals surface area contributed by atoms with Gasteiger partial charge in [-0.25, -0.2) is 9.59 Å². The van der Waals surface area contributed by atoms with Gasteiger partial charge in [0.25, 0.3) is 0 Å². The van der Waals surface area contributed by atoms with E-state index < -0.39 is 11.9 Å². The highest BCUT2D eigenvalue weighted by Gasteiger charge is 2.21. The van der Waals surface area contributed by atoms with Gasteiger partial charge in [-0.05, 0) is 55.7 Å². The van der Waals surface area contributed by atoms with Crippen LogP contribution in [0.2, 0.25) is 0 Å². The Morgan fingerprint density at radius 2 is 1.41 bits per heavy atom. The molecule has 0 aromatic heterocycles. The van der Waals surface area contributed by atoms with Gasteiger partial charge in [-0.2, -0.15) is 0 Å². The van der Waals surface area contributed by atoms with Crippen LogP contribution in [0.25, 0.3) is 0 Å². The third kappa shape index (κ3) is 4.82. The summed E-state index contributed by atoms with van der Waals surface area (Å²) in [4.78, 5) is 22.9. The van der Waals surface area contributed by atoms with E-state index in [-0.39, 0.29) is 24.3 Å². The topological polar surface area (TPSA) is 115 Å². The molecular weight excluding hydrogens is 288 g/mol. The average molecular weight is 310 g/mol. The van der Waals surface area contributed by atoms with E-state index in [1.807, 2.05) is 0 Å². The minimum absolute atomic E-state index is 0.00116. The summed E-state index contributed by atoms with van der Waals surface area (Å²) in [6.45, 7) is 0.0277. The molecule has 0 bridgehead atoms. The molecular formula is C16H22O6. The highest BCUT2D eigenvalue weighted by Crippen LogP contribution is 2.24. The molecule has 1 rings (SSSR count). The van der Waals surface area contributed by atoms with Crippen molar-refractivity contribution in [3.63, 3.8) is 0 Å². The van der Waals surface area contributed by atoms with Crippen LogP contribution in [-0.2, 0) is 12.8 Å². The molecule has 22 heavy (non-hydrogen) atoms. The quantitative estimate of drug-likeness (QED) is 0.489. The molecule has 0 atom stereocenters. The van der Waals surface area contributed by atoms with Gasteiger partial charge in [-0.15, -0.1) is 0 Å². The number of carboxylic acids is 2. The van der Waals surface area contributed by atoms with E-state index in [0.29, 0.717) is 49.7 Å². The Labute approximate surface area is 129 Å². The molecule has 0 aliphatic rings. The molecule has 0 unspecified atom stereocenters. The van der Waals surface area contributed by atoms with Crippen molar-refractivity contribution < 1.29 is 30.0 Å². The van der Waals surface area contributed by atoms with Gasteiger partial charge < -0.3 is 20.4 Å². The molecule has 122 valence electrons. The molecule has 4 N–H and O–H groups in total. The molecule has 1 aromatic carbocycles. The number of hydrogen-bond donors (Lipinski definition) is 4. The minimum atomic E-state index is -1.15. The first-order chi connectivity index (χ1) is 10.5. The van der Waals surface area contributed by atoms with Gasteiger partial charge in [0.05, 0.1) is 11.1 Å². The van der Waals surface area contributed by atoms with Crippen molar-refractivity contribution >= 4 is 11.9 Å². The lowest BCUT2D eigenvalue weighted by atomic mass is 9.90. The number of carboxylic acid groups (broad SMARTS) is 2. The van der Waals surface area contributed by atoms with Crippen LogP contribution < -0.4 is 0 Å². The third-order valence-corrected chi connectivity index (χ3v) is 3.53. The number of carbonyl (C=O) groups is 2. The summed E-state index contributed by atoms with van der Waals surface area (Å²) >= 11 is 0. The molecule has 0 heterocycles. The van der Waals surface area contributed by atoms with Crippen LogP contribution in [0, 0.1) is 0 Å². The first kappa shape index (κ1) is 18.1. The molecule has 6 nitrogen and oxygen atoms in total. The minimum Gasteiger partial charge on any atom is -0.478 e. The number of aryl methyl sites for hydroxylation is 1. The van der Waals surface area contributed by atoms with E-state index in [4.69, 9.17) is 10.2 Å². The molecule has 0 spiro atoms. The van der Waals surface area contributed by atoms with Crippen LogP contribution in [0.5, 0.6) is 0 Å². The molecule has 0 saturated carbocycles. The van der Waals surface area contributed by atoms with E-state index in [1.165, 1.54) is 6.07 Å². The van der Waals surface area contributed by atoms with Gasteiger partial charge in [0, 0.05) is 13.2 Å². The fourth-order valence-electron chi connectivity index (χ4n) is 2.47. The molecule has 0 fully saturated rings. The first-order valence-electron chi connectivity index (χ1n) is 7.36.